The van der Waals surface area contributed by atoms with Crippen LogP contribution >= 0.6 is 0 Å². The quantitative estimate of drug-likeness (QED) is 0.564. The highest BCUT2D eigenvalue weighted by Gasteiger charge is 2.21. The van der Waals surface area contributed by atoms with Crippen LogP contribution in [-0.4, -0.2) is 30.1 Å². The molecule has 0 heterocycles. The molecular weight excluding hydrogens is 274 g/mol. The number of benzene rings is 1. The first-order valence-corrected chi connectivity index (χ1v) is 6.79. The molecule has 0 saturated heterocycles. The molecule has 1 unspecified atom stereocenters. The molecule has 1 aromatic carbocycles. The van der Waals surface area contributed by atoms with E-state index >= 15 is 0 Å². The Bertz CT molecular complexity index is 517. The molecule has 0 spiro atoms. The fourth-order valence-electron chi connectivity index (χ4n) is 1.81. The second kappa shape index (κ2) is 7.58. The Kier molecular flexibility index (Phi) is 6.10. The Labute approximate surface area is 123 Å². The Balaban J connectivity index is 3.09. The van der Waals surface area contributed by atoms with Crippen LogP contribution in [0.15, 0.2) is 18.2 Å². The van der Waals surface area contributed by atoms with Crippen molar-refractivity contribution in [3.8, 4) is 0 Å². The van der Waals surface area contributed by atoms with Gasteiger partial charge in [-0.05, 0) is 25.0 Å². The summed E-state index contributed by atoms with van der Waals surface area (Å²) in [4.78, 5) is 21.8. The molecule has 0 aliphatic rings. The number of anilines is 1. The normalized spacial score (nSPS) is 12.2. The predicted molar refractivity (Wildman–Crippen MR) is 80.4 cm³/mol. The molecule has 1 amide bonds. The molecule has 0 bridgehead atoms. The molecule has 0 aliphatic heterocycles. The molecule has 7 heteroatoms. The standard InChI is InChI=1S/C14H21N3O4/c1-4-21-8-12(9(2)3)16-11-7-10(14(15)18)5-6-13(11)17(19)20/h5-7,9,12,16H,4,8H2,1-3H3,(H2,15,18). The number of carbonyl (C=O) groups excluding carboxylic acids is 1. The molecule has 7 nitrogen and oxygen atoms in total. The van der Waals surface area contributed by atoms with E-state index in [1.54, 1.807) is 0 Å². The minimum Gasteiger partial charge on any atom is -0.380 e. The fourth-order valence-corrected chi connectivity index (χ4v) is 1.81. The van der Waals surface area contributed by atoms with Gasteiger partial charge in [0.15, 0.2) is 0 Å². The van der Waals surface area contributed by atoms with Crippen molar-refractivity contribution in [3.63, 3.8) is 0 Å². The lowest BCUT2D eigenvalue weighted by Gasteiger charge is -2.23. The molecule has 3 N–H and O–H groups in total. The number of nitrogens with one attached hydrogen (secondary N) is 1. The zero-order valence-electron chi connectivity index (χ0n) is 12.5. The van der Waals surface area contributed by atoms with E-state index in [2.05, 4.69) is 5.32 Å². The number of hydrogen-bond acceptors (Lipinski definition) is 5. The van der Waals surface area contributed by atoms with Gasteiger partial charge in [0.25, 0.3) is 5.69 Å². The van der Waals surface area contributed by atoms with E-state index < -0.39 is 10.8 Å². The Hall–Kier alpha value is -2.15. The number of nitrogens with zero attached hydrogens (tertiary/aromatic N) is 1. The smallest absolute Gasteiger partial charge is 0.292 e. The van der Waals surface area contributed by atoms with Gasteiger partial charge < -0.3 is 15.8 Å². The highest BCUT2D eigenvalue weighted by Crippen LogP contribution is 2.27. The lowest BCUT2D eigenvalue weighted by molar-refractivity contribution is -0.384. The summed E-state index contributed by atoms with van der Waals surface area (Å²) < 4.78 is 5.38. The monoisotopic (exact) mass is 295 g/mol. The lowest BCUT2D eigenvalue weighted by atomic mass is 10.0. The van der Waals surface area contributed by atoms with Crippen LogP contribution < -0.4 is 11.1 Å². The maximum absolute atomic E-state index is 11.2. The summed E-state index contributed by atoms with van der Waals surface area (Å²) in [5, 5.41) is 14.2. The van der Waals surface area contributed by atoms with Crippen molar-refractivity contribution in [2.45, 2.75) is 26.8 Å². The zero-order valence-corrected chi connectivity index (χ0v) is 12.5. The molecular formula is C14H21N3O4. The minimum absolute atomic E-state index is 0.0952. The molecule has 0 radical (unpaired) electrons. The second-order valence-corrected chi connectivity index (χ2v) is 5.01. The molecule has 116 valence electrons. The van der Waals surface area contributed by atoms with Gasteiger partial charge in [0.2, 0.25) is 5.91 Å². The highest BCUT2D eigenvalue weighted by atomic mass is 16.6. The maximum atomic E-state index is 11.2. The van der Waals surface area contributed by atoms with Crippen molar-refractivity contribution < 1.29 is 14.5 Å². The van der Waals surface area contributed by atoms with Crippen molar-refractivity contribution in [2.75, 3.05) is 18.5 Å². The first-order valence-electron chi connectivity index (χ1n) is 6.79. The summed E-state index contributed by atoms with van der Waals surface area (Å²) in [5.41, 5.74) is 5.62. The van der Waals surface area contributed by atoms with Crippen molar-refractivity contribution in [2.24, 2.45) is 11.7 Å². The first kappa shape index (κ1) is 16.9. The van der Waals surface area contributed by atoms with Gasteiger partial charge in [0, 0.05) is 18.2 Å². The second-order valence-electron chi connectivity index (χ2n) is 5.01. The largest absolute Gasteiger partial charge is 0.380 e. The van der Waals surface area contributed by atoms with E-state index in [0.717, 1.165) is 0 Å². The minimum atomic E-state index is -0.626. The van der Waals surface area contributed by atoms with E-state index in [9.17, 15) is 14.9 Å². The highest BCUT2D eigenvalue weighted by molar-refractivity contribution is 5.94. The third kappa shape index (κ3) is 4.71. The number of nitrogens with two attached hydrogens (primary N) is 1. The first-order chi connectivity index (χ1) is 9.86. The van der Waals surface area contributed by atoms with E-state index in [1.807, 2.05) is 20.8 Å². The molecule has 0 saturated carbocycles. The van der Waals surface area contributed by atoms with Crippen LogP contribution in [0.3, 0.4) is 0 Å². The summed E-state index contributed by atoms with van der Waals surface area (Å²) >= 11 is 0. The van der Waals surface area contributed by atoms with Crippen LogP contribution in [0.5, 0.6) is 0 Å². The Morgan fingerprint density at radius 3 is 2.62 bits per heavy atom. The van der Waals surface area contributed by atoms with E-state index in [0.29, 0.717) is 13.2 Å². The molecule has 0 aliphatic carbocycles. The summed E-state index contributed by atoms with van der Waals surface area (Å²) in [6.07, 6.45) is 0. The summed E-state index contributed by atoms with van der Waals surface area (Å²) in [7, 11) is 0. The fraction of sp³-hybridized carbons (Fsp3) is 0.500. The number of hydrogen-bond donors (Lipinski definition) is 2. The SMILES string of the molecule is CCOCC(Nc1cc(C(N)=O)ccc1[N+](=O)[O-])C(C)C. The molecule has 0 aromatic heterocycles. The summed E-state index contributed by atoms with van der Waals surface area (Å²) in [5.74, 6) is -0.424. The van der Waals surface area contributed by atoms with Crippen LogP contribution in [0.25, 0.3) is 0 Å². The van der Waals surface area contributed by atoms with Crippen molar-refractivity contribution in [1.29, 1.82) is 0 Å². The van der Waals surface area contributed by atoms with Gasteiger partial charge in [-0.2, -0.15) is 0 Å². The molecule has 21 heavy (non-hydrogen) atoms. The average molecular weight is 295 g/mol. The van der Waals surface area contributed by atoms with Crippen molar-refractivity contribution in [3.05, 3.63) is 33.9 Å². The van der Waals surface area contributed by atoms with Gasteiger partial charge >= 0.3 is 0 Å². The van der Waals surface area contributed by atoms with Crippen LogP contribution in [0.4, 0.5) is 11.4 Å². The number of nitro benzene ring substituents is 1. The molecule has 1 atom stereocenters. The lowest BCUT2D eigenvalue weighted by Crippen LogP contribution is -2.31. The van der Waals surface area contributed by atoms with Crippen molar-refractivity contribution in [1.82, 2.24) is 0 Å². The number of amides is 1. The number of carbonyl (C=O) groups is 1. The Morgan fingerprint density at radius 2 is 2.14 bits per heavy atom. The predicted octanol–water partition coefficient (Wildman–Crippen LogP) is 2.17. The van der Waals surface area contributed by atoms with Crippen LogP contribution in [0, 0.1) is 16.0 Å². The molecule has 1 rings (SSSR count). The van der Waals surface area contributed by atoms with Gasteiger partial charge in [-0.1, -0.05) is 13.8 Å². The van der Waals surface area contributed by atoms with Crippen LogP contribution in [0.1, 0.15) is 31.1 Å². The van der Waals surface area contributed by atoms with Gasteiger partial charge in [0.05, 0.1) is 17.6 Å². The van der Waals surface area contributed by atoms with Gasteiger partial charge in [-0.3, -0.25) is 14.9 Å². The number of primary amides is 1. The zero-order chi connectivity index (χ0) is 16.0. The van der Waals surface area contributed by atoms with Gasteiger partial charge in [0.1, 0.15) is 5.69 Å². The van der Waals surface area contributed by atoms with Gasteiger partial charge in [-0.25, -0.2) is 0 Å². The van der Waals surface area contributed by atoms with Crippen LogP contribution in [-0.2, 0) is 4.74 Å². The summed E-state index contributed by atoms with van der Waals surface area (Å²) in [6, 6.07) is 3.92. The summed E-state index contributed by atoms with van der Waals surface area (Å²) in [6.45, 7) is 6.84. The third-order valence-electron chi connectivity index (χ3n) is 3.12. The average Bonchev–Trinajstić information content (AvgIpc) is 2.42. The topological polar surface area (TPSA) is 107 Å². The van der Waals surface area contributed by atoms with Crippen molar-refractivity contribution >= 4 is 17.3 Å². The Morgan fingerprint density at radius 1 is 1.48 bits per heavy atom. The number of ether oxygens (including phenoxy) is 1. The molecule has 1 aromatic rings. The van der Waals surface area contributed by atoms with E-state index in [4.69, 9.17) is 10.5 Å². The van der Waals surface area contributed by atoms with Gasteiger partial charge in [-0.15, -0.1) is 0 Å². The van der Waals surface area contributed by atoms with E-state index in [1.165, 1.54) is 18.2 Å². The van der Waals surface area contributed by atoms with E-state index in [-0.39, 0.29) is 28.9 Å². The third-order valence-corrected chi connectivity index (χ3v) is 3.12. The number of nitro groups is 1. The maximum Gasteiger partial charge on any atom is 0.292 e. The molecule has 0 fully saturated rings. The van der Waals surface area contributed by atoms with Crippen LogP contribution in [0.2, 0.25) is 0 Å². The number of rotatable bonds is 8.